The second-order valence-electron chi connectivity index (χ2n) is 10.2. The first-order valence-electron chi connectivity index (χ1n) is 13.4. The first-order valence-corrected chi connectivity index (χ1v) is 13.4. The van der Waals surface area contributed by atoms with E-state index in [-0.39, 0.29) is 24.7 Å². The maximum absolute atomic E-state index is 13.4. The number of aryl methyl sites for hydroxylation is 2. The third-order valence-corrected chi connectivity index (χ3v) is 7.10. The van der Waals surface area contributed by atoms with Gasteiger partial charge in [-0.3, -0.25) is 4.79 Å². The van der Waals surface area contributed by atoms with E-state index in [0.717, 1.165) is 59.5 Å². The van der Waals surface area contributed by atoms with Crippen molar-refractivity contribution in [2.24, 2.45) is 5.92 Å². The van der Waals surface area contributed by atoms with E-state index in [0.29, 0.717) is 24.8 Å². The number of nitrogens with zero attached hydrogens (tertiary/aromatic N) is 6. The zero-order valence-electron chi connectivity index (χ0n) is 22.2. The number of pyridine rings is 1. The number of benzene rings is 1. The van der Waals surface area contributed by atoms with E-state index in [1.54, 1.807) is 9.42 Å². The van der Waals surface area contributed by atoms with Crippen molar-refractivity contribution in [3.63, 3.8) is 0 Å². The lowest BCUT2D eigenvalue weighted by molar-refractivity contribution is -0.118. The molecule has 202 valence electrons. The molecule has 39 heavy (non-hydrogen) atoms. The summed E-state index contributed by atoms with van der Waals surface area (Å²) in [5, 5.41) is 8.37. The molecule has 8 nitrogen and oxygen atoms in total. The minimum Gasteiger partial charge on any atom is -0.339 e. The van der Waals surface area contributed by atoms with Gasteiger partial charge in [0.05, 0.1) is 5.83 Å². The molecule has 0 saturated heterocycles. The molecule has 1 fully saturated rings. The van der Waals surface area contributed by atoms with Gasteiger partial charge in [0.15, 0.2) is 11.5 Å². The molecule has 1 saturated carbocycles. The molecule has 0 radical (unpaired) electrons. The first-order chi connectivity index (χ1) is 18.9. The fourth-order valence-corrected chi connectivity index (χ4v) is 4.74. The maximum atomic E-state index is 13.4. The van der Waals surface area contributed by atoms with Gasteiger partial charge in [0.1, 0.15) is 6.33 Å². The lowest BCUT2D eigenvalue weighted by atomic mass is 9.99. The highest BCUT2D eigenvalue weighted by atomic mass is 19.1. The van der Waals surface area contributed by atoms with Gasteiger partial charge in [0, 0.05) is 49.2 Å². The molecule has 0 N–H and O–H groups in total. The summed E-state index contributed by atoms with van der Waals surface area (Å²) in [6.45, 7) is 9.77. The van der Waals surface area contributed by atoms with Crippen LogP contribution in [0, 0.1) is 12.8 Å². The van der Waals surface area contributed by atoms with E-state index in [4.69, 9.17) is 4.52 Å². The zero-order chi connectivity index (χ0) is 27.4. The van der Waals surface area contributed by atoms with Crippen molar-refractivity contribution < 1.29 is 13.7 Å². The number of aromatic nitrogens is 5. The number of halogens is 1. The third-order valence-electron chi connectivity index (χ3n) is 7.10. The van der Waals surface area contributed by atoms with Gasteiger partial charge in [0.2, 0.25) is 11.8 Å². The monoisotopic (exact) mass is 528 g/mol. The van der Waals surface area contributed by atoms with Crippen molar-refractivity contribution in [1.29, 1.82) is 0 Å². The molecule has 3 heterocycles. The van der Waals surface area contributed by atoms with Crippen LogP contribution in [0.4, 0.5) is 10.1 Å². The molecule has 5 rings (SSSR count). The topological polar surface area (TPSA) is 89.4 Å². The van der Waals surface area contributed by atoms with Crippen molar-refractivity contribution in [3.05, 3.63) is 85.2 Å². The summed E-state index contributed by atoms with van der Waals surface area (Å²) in [7, 11) is 0. The highest BCUT2D eigenvalue weighted by molar-refractivity contribution is 5.94. The summed E-state index contributed by atoms with van der Waals surface area (Å²) >= 11 is 0. The summed E-state index contributed by atoms with van der Waals surface area (Å²) < 4.78 is 20.6. The Morgan fingerprint density at radius 1 is 1.28 bits per heavy atom. The normalized spacial score (nSPS) is 13.9. The molecular formula is C30H33FN6O2. The number of allylic oxidation sites excluding steroid dienone is 1. The Morgan fingerprint density at radius 2 is 2.13 bits per heavy atom. The summed E-state index contributed by atoms with van der Waals surface area (Å²) in [5.41, 5.74) is 4.45. The van der Waals surface area contributed by atoms with Gasteiger partial charge in [-0.25, -0.2) is 13.9 Å². The van der Waals surface area contributed by atoms with Gasteiger partial charge in [-0.05, 0) is 67.9 Å². The van der Waals surface area contributed by atoms with E-state index >= 15 is 0 Å². The molecule has 1 atom stereocenters. The Balaban J connectivity index is 1.33. The molecular weight excluding hydrogens is 495 g/mol. The predicted molar refractivity (Wildman–Crippen MR) is 148 cm³/mol. The van der Waals surface area contributed by atoms with Gasteiger partial charge < -0.3 is 9.42 Å². The second kappa shape index (κ2) is 11.7. The maximum Gasteiger partial charge on any atom is 0.227 e. The summed E-state index contributed by atoms with van der Waals surface area (Å²) in [6.07, 6.45) is 9.93. The Kier molecular flexibility index (Phi) is 7.95. The first kappa shape index (κ1) is 26.5. The molecule has 4 aromatic rings. The number of fused-ring (bicyclic) bond motifs is 1. The SMILES string of the molecule is C=CC(CCCc1nc(C2CC2)no1)CN(C(=O)CCC(=C)F)c1cccc(-c2cc(C)c3ncnn3c2)c1. The van der Waals surface area contributed by atoms with Gasteiger partial charge >= 0.3 is 0 Å². The highest BCUT2D eigenvalue weighted by Gasteiger charge is 2.28. The van der Waals surface area contributed by atoms with Gasteiger partial charge in [-0.1, -0.05) is 29.9 Å². The number of rotatable bonds is 13. The Hall–Kier alpha value is -4.14. The third kappa shape index (κ3) is 6.47. The Morgan fingerprint density at radius 3 is 2.90 bits per heavy atom. The molecule has 0 aliphatic heterocycles. The average Bonchev–Trinajstić information content (AvgIpc) is 3.47. The highest BCUT2D eigenvalue weighted by Crippen LogP contribution is 2.38. The van der Waals surface area contributed by atoms with Crippen molar-refractivity contribution in [1.82, 2.24) is 24.7 Å². The van der Waals surface area contributed by atoms with Crippen LogP contribution in [0.25, 0.3) is 16.8 Å². The molecule has 1 aromatic carbocycles. The minimum atomic E-state index is -0.501. The van der Waals surface area contributed by atoms with Crippen LogP contribution in [0.1, 0.15) is 61.7 Å². The smallest absolute Gasteiger partial charge is 0.227 e. The van der Waals surface area contributed by atoms with Crippen LogP contribution in [0.5, 0.6) is 0 Å². The Bertz CT molecular complexity index is 1490. The second-order valence-corrected chi connectivity index (χ2v) is 10.2. The van der Waals surface area contributed by atoms with E-state index < -0.39 is 5.83 Å². The van der Waals surface area contributed by atoms with Gasteiger partial charge in [-0.2, -0.15) is 10.1 Å². The number of hydrogen-bond acceptors (Lipinski definition) is 6. The minimum absolute atomic E-state index is 0.00354. The lowest BCUT2D eigenvalue weighted by Crippen LogP contribution is -2.35. The molecule has 9 heteroatoms. The van der Waals surface area contributed by atoms with Crippen LogP contribution in [-0.4, -0.2) is 37.2 Å². The van der Waals surface area contributed by atoms with Gasteiger partial charge in [0.25, 0.3) is 0 Å². The zero-order valence-corrected chi connectivity index (χ0v) is 22.2. The fraction of sp³-hybridized carbons (Fsp3) is 0.367. The molecule has 1 amide bonds. The number of anilines is 1. The summed E-state index contributed by atoms with van der Waals surface area (Å²) in [6, 6.07) is 9.87. The Labute approximate surface area is 227 Å². The van der Waals surface area contributed by atoms with Crippen LogP contribution in [0.3, 0.4) is 0 Å². The average molecular weight is 529 g/mol. The van der Waals surface area contributed by atoms with E-state index in [2.05, 4.69) is 39.4 Å². The van der Waals surface area contributed by atoms with Crippen LogP contribution in [0.2, 0.25) is 0 Å². The number of carbonyl (C=O) groups is 1. The molecule has 1 unspecified atom stereocenters. The fourth-order valence-electron chi connectivity index (χ4n) is 4.74. The molecule has 1 aliphatic carbocycles. The number of carbonyl (C=O) groups excluding carboxylic acids is 1. The summed E-state index contributed by atoms with van der Waals surface area (Å²) in [5.74, 6) is 1.30. The molecule has 0 spiro atoms. The largest absolute Gasteiger partial charge is 0.339 e. The lowest BCUT2D eigenvalue weighted by Gasteiger charge is -2.27. The predicted octanol–water partition coefficient (Wildman–Crippen LogP) is 6.39. The van der Waals surface area contributed by atoms with Crippen LogP contribution < -0.4 is 4.90 Å². The van der Waals surface area contributed by atoms with E-state index in [1.807, 2.05) is 43.5 Å². The standard InChI is InChI=1S/C30H33FN6O2/c1-4-22(7-5-10-27-34-29(35-39-27)23-12-13-23)17-36(28(38)14-11-21(3)31)26-9-6-8-24(16-26)25-15-20(2)30-32-19-33-37(30)18-25/h4,6,8-9,15-16,18-19,22-23H,1,3,5,7,10-14,17H2,2H3. The quantitative estimate of drug-likeness (QED) is 0.187. The van der Waals surface area contributed by atoms with Crippen molar-refractivity contribution in [2.45, 2.75) is 57.8 Å². The van der Waals surface area contributed by atoms with Crippen LogP contribution in [-0.2, 0) is 11.2 Å². The number of hydrogen-bond donors (Lipinski definition) is 0. The van der Waals surface area contributed by atoms with Crippen molar-refractivity contribution >= 4 is 17.2 Å². The summed E-state index contributed by atoms with van der Waals surface area (Å²) in [4.78, 5) is 23.9. The van der Waals surface area contributed by atoms with E-state index in [9.17, 15) is 9.18 Å². The van der Waals surface area contributed by atoms with E-state index in [1.165, 1.54) is 6.33 Å². The molecule has 3 aromatic heterocycles. The van der Waals surface area contributed by atoms with Gasteiger partial charge in [-0.15, -0.1) is 6.58 Å². The number of amides is 1. The molecule has 0 bridgehead atoms. The molecule has 1 aliphatic rings. The van der Waals surface area contributed by atoms with Crippen molar-refractivity contribution in [2.75, 3.05) is 11.4 Å². The van der Waals surface area contributed by atoms with Crippen LogP contribution >= 0.6 is 0 Å². The van der Waals surface area contributed by atoms with Crippen LogP contribution in [0.15, 0.2) is 72.4 Å². The van der Waals surface area contributed by atoms with Crippen molar-refractivity contribution in [3.8, 4) is 11.1 Å².